The zero-order valence-electron chi connectivity index (χ0n) is 12.0. The zero-order valence-corrected chi connectivity index (χ0v) is 12.0. The van der Waals surface area contributed by atoms with Crippen molar-refractivity contribution in [2.45, 2.75) is 57.4 Å². The fourth-order valence-corrected chi connectivity index (χ4v) is 2.55. The molecule has 1 unspecified atom stereocenters. The highest BCUT2D eigenvalue weighted by Gasteiger charge is 2.41. The molecule has 1 aliphatic heterocycles. The summed E-state index contributed by atoms with van der Waals surface area (Å²) < 4.78 is 28.8. The molecule has 1 heterocycles. The Hall–Kier alpha value is -0.960. The monoisotopic (exact) mass is 267 g/mol. The van der Waals surface area contributed by atoms with Crippen LogP contribution in [-0.2, 0) is 11.3 Å². The summed E-state index contributed by atoms with van der Waals surface area (Å²) in [6.07, 6.45) is 2.43. The van der Waals surface area contributed by atoms with E-state index in [0.29, 0.717) is 13.0 Å². The highest BCUT2D eigenvalue weighted by molar-refractivity contribution is 5.30. The summed E-state index contributed by atoms with van der Waals surface area (Å²) in [6, 6.07) is 6.09. The second-order valence-electron chi connectivity index (χ2n) is 6.45. The lowest BCUT2D eigenvalue weighted by atomic mass is 9.85. The first-order valence-electron chi connectivity index (χ1n) is 7.04. The van der Waals surface area contributed by atoms with Crippen LogP contribution in [0, 0.1) is 0 Å². The van der Waals surface area contributed by atoms with Crippen LogP contribution in [0.3, 0.4) is 0 Å². The molecule has 0 amide bonds. The quantitative estimate of drug-likeness (QED) is 0.846. The normalized spacial score (nSPS) is 21.4. The first-order chi connectivity index (χ1) is 8.82. The summed E-state index contributed by atoms with van der Waals surface area (Å²) in [4.78, 5) is 0. The second-order valence-corrected chi connectivity index (χ2v) is 6.45. The molecule has 0 aliphatic carbocycles. The number of hydrogen-bond donors (Lipinski definition) is 1. The van der Waals surface area contributed by atoms with Crippen LogP contribution in [0.15, 0.2) is 24.3 Å². The lowest BCUT2D eigenvalue weighted by molar-refractivity contribution is -0.0512. The first-order valence-corrected chi connectivity index (χ1v) is 7.04. The van der Waals surface area contributed by atoms with E-state index in [0.717, 1.165) is 18.4 Å². The Kier molecular flexibility index (Phi) is 3.95. The van der Waals surface area contributed by atoms with Gasteiger partial charge in [0.15, 0.2) is 0 Å². The standard InChI is InChI=1S/C16H23F2N/c1-15(2,3)12-7-9-13(10-8-12)16(17,18)14-6-4-5-11-19-14/h7-10,14,19H,4-6,11H2,1-3H3. The molecule has 0 aromatic heterocycles. The Morgan fingerprint density at radius 3 is 2.05 bits per heavy atom. The van der Waals surface area contributed by atoms with Gasteiger partial charge in [0.05, 0.1) is 6.04 Å². The summed E-state index contributed by atoms with van der Waals surface area (Å²) in [6.45, 7) is 6.95. The summed E-state index contributed by atoms with van der Waals surface area (Å²) in [5.74, 6) is -2.78. The van der Waals surface area contributed by atoms with Crippen molar-refractivity contribution in [3.63, 3.8) is 0 Å². The Morgan fingerprint density at radius 2 is 1.58 bits per heavy atom. The van der Waals surface area contributed by atoms with Gasteiger partial charge >= 0.3 is 0 Å². The van der Waals surface area contributed by atoms with E-state index in [9.17, 15) is 8.78 Å². The van der Waals surface area contributed by atoms with Crippen LogP contribution < -0.4 is 5.32 Å². The number of rotatable bonds is 2. The van der Waals surface area contributed by atoms with Crippen LogP contribution in [0.2, 0.25) is 0 Å². The molecule has 106 valence electrons. The van der Waals surface area contributed by atoms with Gasteiger partial charge in [-0.2, -0.15) is 8.78 Å². The van der Waals surface area contributed by atoms with Gasteiger partial charge in [-0.1, -0.05) is 51.5 Å². The number of nitrogens with one attached hydrogen (secondary N) is 1. The van der Waals surface area contributed by atoms with Gasteiger partial charge in [-0.25, -0.2) is 0 Å². The molecule has 0 radical (unpaired) electrons. The average molecular weight is 267 g/mol. The van der Waals surface area contributed by atoms with Gasteiger partial charge in [-0.05, 0) is 30.4 Å². The van der Waals surface area contributed by atoms with Gasteiger partial charge < -0.3 is 5.32 Å². The van der Waals surface area contributed by atoms with Gasteiger partial charge in [-0.15, -0.1) is 0 Å². The Morgan fingerprint density at radius 1 is 1.00 bits per heavy atom. The van der Waals surface area contributed by atoms with Crippen LogP contribution in [0.25, 0.3) is 0 Å². The fraction of sp³-hybridized carbons (Fsp3) is 0.625. The molecule has 1 atom stereocenters. The Bertz CT molecular complexity index is 411. The van der Waals surface area contributed by atoms with Crippen LogP contribution >= 0.6 is 0 Å². The van der Waals surface area contributed by atoms with E-state index in [2.05, 4.69) is 26.1 Å². The van der Waals surface area contributed by atoms with Crippen LogP contribution in [0.5, 0.6) is 0 Å². The third-order valence-corrected chi connectivity index (χ3v) is 3.88. The third kappa shape index (κ3) is 3.14. The van der Waals surface area contributed by atoms with Crippen molar-refractivity contribution in [2.24, 2.45) is 0 Å². The summed E-state index contributed by atoms with van der Waals surface area (Å²) in [5, 5.41) is 2.95. The maximum absolute atomic E-state index is 14.4. The first kappa shape index (κ1) is 14.4. The smallest absolute Gasteiger partial charge is 0.288 e. The van der Waals surface area contributed by atoms with E-state index in [1.807, 2.05) is 12.1 Å². The number of hydrogen-bond acceptors (Lipinski definition) is 1. The van der Waals surface area contributed by atoms with Gasteiger partial charge in [0.1, 0.15) is 0 Å². The van der Waals surface area contributed by atoms with Gasteiger partial charge in [0.25, 0.3) is 5.92 Å². The molecule has 0 bridgehead atoms. The van der Waals surface area contributed by atoms with E-state index in [-0.39, 0.29) is 11.0 Å². The molecular formula is C16H23F2N. The van der Waals surface area contributed by atoms with E-state index >= 15 is 0 Å². The predicted molar refractivity (Wildman–Crippen MR) is 74.7 cm³/mol. The van der Waals surface area contributed by atoms with Crippen LogP contribution in [-0.4, -0.2) is 12.6 Å². The number of alkyl halides is 2. The third-order valence-electron chi connectivity index (χ3n) is 3.88. The molecule has 3 heteroatoms. The molecule has 1 nitrogen and oxygen atoms in total. The average Bonchev–Trinajstić information content (AvgIpc) is 2.39. The maximum atomic E-state index is 14.4. The molecular weight excluding hydrogens is 244 g/mol. The summed E-state index contributed by atoms with van der Waals surface area (Å²) in [5.41, 5.74) is 1.21. The topological polar surface area (TPSA) is 12.0 Å². The number of benzene rings is 1. The molecule has 2 rings (SSSR count). The minimum atomic E-state index is -2.78. The lowest BCUT2D eigenvalue weighted by Crippen LogP contribution is -2.45. The molecule has 1 saturated heterocycles. The van der Waals surface area contributed by atoms with Crippen molar-refractivity contribution in [3.8, 4) is 0 Å². The van der Waals surface area contributed by atoms with Gasteiger partial charge in [-0.3, -0.25) is 0 Å². The minimum absolute atomic E-state index is 0.00307. The van der Waals surface area contributed by atoms with Crippen LogP contribution in [0.4, 0.5) is 8.78 Å². The van der Waals surface area contributed by atoms with Gasteiger partial charge in [0.2, 0.25) is 0 Å². The zero-order chi connectivity index (χ0) is 14.1. The Labute approximate surface area is 114 Å². The van der Waals surface area contributed by atoms with Crippen molar-refractivity contribution in [2.75, 3.05) is 6.54 Å². The molecule has 1 aliphatic rings. The van der Waals surface area contributed by atoms with Gasteiger partial charge in [0, 0.05) is 5.56 Å². The lowest BCUT2D eigenvalue weighted by Gasteiger charge is -2.31. The van der Waals surface area contributed by atoms with Crippen molar-refractivity contribution in [1.29, 1.82) is 0 Å². The minimum Gasteiger partial charge on any atom is -0.308 e. The van der Waals surface area contributed by atoms with E-state index in [1.54, 1.807) is 12.1 Å². The molecule has 0 spiro atoms. The predicted octanol–water partition coefficient (Wildman–Crippen LogP) is 4.22. The largest absolute Gasteiger partial charge is 0.308 e. The molecule has 1 N–H and O–H groups in total. The molecule has 1 fully saturated rings. The second kappa shape index (κ2) is 5.20. The maximum Gasteiger partial charge on any atom is 0.288 e. The van der Waals surface area contributed by atoms with Crippen LogP contribution in [0.1, 0.15) is 51.2 Å². The fourth-order valence-electron chi connectivity index (χ4n) is 2.55. The van der Waals surface area contributed by atoms with E-state index in [1.165, 1.54) is 0 Å². The molecule has 1 aromatic carbocycles. The van der Waals surface area contributed by atoms with Crippen molar-refractivity contribution >= 4 is 0 Å². The van der Waals surface area contributed by atoms with Crippen molar-refractivity contribution in [1.82, 2.24) is 5.32 Å². The SMILES string of the molecule is CC(C)(C)c1ccc(C(F)(F)C2CCCCN2)cc1. The molecule has 1 aromatic rings. The highest BCUT2D eigenvalue weighted by atomic mass is 19.3. The number of halogens is 2. The van der Waals surface area contributed by atoms with Crippen molar-refractivity contribution < 1.29 is 8.78 Å². The number of piperidine rings is 1. The summed E-state index contributed by atoms with van der Waals surface area (Å²) >= 11 is 0. The summed E-state index contributed by atoms with van der Waals surface area (Å²) in [7, 11) is 0. The highest BCUT2D eigenvalue weighted by Crippen LogP contribution is 2.36. The molecule has 0 saturated carbocycles. The molecule has 19 heavy (non-hydrogen) atoms. The Balaban J connectivity index is 2.20. The van der Waals surface area contributed by atoms with E-state index in [4.69, 9.17) is 0 Å². The van der Waals surface area contributed by atoms with E-state index < -0.39 is 12.0 Å². The van der Waals surface area contributed by atoms with Crippen molar-refractivity contribution in [3.05, 3.63) is 35.4 Å².